The van der Waals surface area contributed by atoms with E-state index in [4.69, 9.17) is 0 Å². The Morgan fingerprint density at radius 2 is 2.00 bits per heavy atom. The highest BCUT2D eigenvalue weighted by Crippen LogP contribution is 2.21. The fraction of sp³-hybridized carbons (Fsp3) is 0.714. The molecule has 0 aliphatic heterocycles. The second-order valence-corrected chi connectivity index (χ2v) is 8.18. The summed E-state index contributed by atoms with van der Waals surface area (Å²) in [6, 6.07) is 2.19. The normalized spacial score (nSPS) is 13.8. The van der Waals surface area contributed by atoms with Gasteiger partial charge in [0.1, 0.15) is 4.21 Å². The van der Waals surface area contributed by atoms with Crippen molar-refractivity contribution in [2.24, 2.45) is 0 Å². The van der Waals surface area contributed by atoms with Crippen molar-refractivity contribution >= 4 is 21.4 Å². The van der Waals surface area contributed by atoms with Gasteiger partial charge in [0.2, 0.25) is 10.0 Å². The molecule has 1 heterocycles. The lowest BCUT2D eigenvalue weighted by Crippen LogP contribution is -2.33. The van der Waals surface area contributed by atoms with E-state index in [0.717, 1.165) is 24.8 Å². The minimum absolute atomic E-state index is 0.0318. The molecule has 0 saturated carbocycles. The van der Waals surface area contributed by atoms with Crippen LogP contribution < -0.4 is 10.0 Å². The first-order chi connectivity index (χ1) is 9.39. The average molecular weight is 319 g/mol. The van der Waals surface area contributed by atoms with Gasteiger partial charge in [-0.1, -0.05) is 34.1 Å². The van der Waals surface area contributed by atoms with Crippen LogP contribution in [-0.2, 0) is 16.6 Å². The van der Waals surface area contributed by atoms with E-state index in [-0.39, 0.29) is 6.04 Å². The number of thiophene rings is 1. The van der Waals surface area contributed by atoms with Crippen LogP contribution in [0.5, 0.6) is 0 Å². The summed E-state index contributed by atoms with van der Waals surface area (Å²) in [5.74, 6) is 0. The van der Waals surface area contributed by atoms with Gasteiger partial charge in [-0.15, -0.1) is 11.3 Å². The molecule has 1 aromatic rings. The fourth-order valence-electron chi connectivity index (χ4n) is 1.88. The molecule has 6 heteroatoms. The van der Waals surface area contributed by atoms with Gasteiger partial charge in [-0.3, -0.25) is 0 Å². The third-order valence-corrected chi connectivity index (χ3v) is 6.07. The molecule has 0 aliphatic rings. The lowest BCUT2D eigenvalue weighted by atomic mass is 10.1. The topological polar surface area (TPSA) is 58.2 Å². The van der Waals surface area contributed by atoms with Gasteiger partial charge in [0.25, 0.3) is 0 Å². The van der Waals surface area contributed by atoms with Gasteiger partial charge >= 0.3 is 0 Å². The van der Waals surface area contributed by atoms with Crippen molar-refractivity contribution < 1.29 is 8.42 Å². The third-order valence-electron chi connectivity index (χ3n) is 3.06. The molecule has 0 bridgehead atoms. The molecule has 0 saturated heterocycles. The molecule has 20 heavy (non-hydrogen) atoms. The third kappa shape index (κ3) is 5.52. The first-order valence-corrected chi connectivity index (χ1v) is 9.58. The number of nitrogens with one attached hydrogen (secondary N) is 2. The predicted molar refractivity (Wildman–Crippen MR) is 85.6 cm³/mol. The molecule has 0 amide bonds. The van der Waals surface area contributed by atoms with Gasteiger partial charge in [-0.2, -0.15) is 0 Å². The van der Waals surface area contributed by atoms with Crippen LogP contribution in [0.3, 0.4) is 0 Å². The van der Waals surface area contributed by atoms with E-state index >= 15 is 0 Å². The van der Waals surface area contributed by atoms with Crippen molar-refractivity contribution in [2.75, 3.05) is 0 Å². The van der Waals surface area contributed by atoms with Gasteiger partial charge in [0.15, 0.2) is 0 Å². The van der Waals surface area contributed by atoms with Crippen LogP contribution in [0.15, 0.2) is 15.7 Å². The van der Waals surface area contributed by atoms with Crippen LogP contribution in [0.2, 0.25) is 0 Å². The second-order valence-electron chi connectivity index (χ2n) is 5.32. The van der Waals surface area contributed by atoms with Crippen LogP contribution in [0.25, 0.3) is 0 Å². The van der Waals surface area contributed by atoms with Gasteiger partial charge < -0.3 is 5.32 Å². The van der Waals surface area contributed by atoms with E-state index in [1.807, 2.05) is 12.3 Å². The lowest BCUT2D eigenvalue weighted by Gasteiger charge is -2.15. The summed E-state index contributed by atoms with van der Waals surface area (Å²) in [6.07, 6.45) is 2.68. The minimum atomic E-state index is -3.37. The van der Waals surface area contributed by atoms with Crippen LogP contribution in [0, 0.1) is 0 Å². The van der Waals surface area contributed by atoms with Crippen molar-refractivity contribution in [3.63, 3.8) is 0 Å². The highest BCUT2D eigenvalue weighted by Gasteiger charge is 2.20. The van der Waals surface area contributed by atoms with Crippen LogP contribution in [0.4, 0.5) is 0 Å². The quantitative estimate of drug-likeness (QED) is 0.735. The second kappa shape index (κ2) is 8.12. The molecule has 0 radical (unpaired) electrons. The minimum Gasteiger partial charge on any atom is -0.310 e. The van der Waals surface area contributed by atoms with E-state index in [1.165, 1.54) is 11.3 Å². The van der Waals surface area contributed by atoms with Crippen LogP contribution in [0.1, 0.15) is 52.5 Å². The van der Waals surface area contributed by atoms with Gasteiger partial charge in [0.05, 0.1) is 0 Å². The van der Waals surface area contributed by atoms with Crippen molar-refractivity contribution in [3.8, 4) is 0 Å². The number of rotatable bonds is 9. The Balaban J connectivity index is 2.72. The summed E-state index contributed by atoms with van der Waals surface area (Å²) >= 11 is 1.29. The molecule has 0 aliphatic carbocycles. The number of hydrogen-bond acceptors (Lipinski definition) is 4. The van der Waals surface area contributed by atoms with E-state index in [9.17, 15) is 8.42 Å². The Bertz CT molecular complexity index is 495. The van der Waals surface area contributed by atoms with Crippen molar-refractivity contribution in [1.29, 1.82) is 0 Å². The Hall–Kier alpha value is -0.430. The first kappa shape index (κ1) is 17.6. The van der Waals surface area contributed by atoms with Crippen molar-refractivity contribution in [1.82, 2.24) is 10.0 Å². The zero-order valence-electron chi connectivity index (χ0n) is 12.8. The Labute approximate surface area is 127 Å². The molecule has 4 nitrogen and oxygen atoms in total. The highest BCUT2D eigenvalue weighted by atomic mass is 32.2. The van der Waals surface area contributed by atoms with Crippen LogP contribution in [-0.4, -0.2) is 20.5 Å². The summed E-state index contributed by atoms with van der Waals surface area (Å²) in [5, 5.41) is 5.20. The molecular weight excluding hydrogens is 292 g/mol. The Kier molecular flexibility index (Phi) is 7.15. The molecule has 0 aromatic carbocycles. The summed E-state index contributed by atoms with van der Waals surface area (Å²) in [7, 11) is -3.37. The van der Waals surface area contributed by atoms with E-state index in [1.54, 1.807) is 6.07 Å². The van der Waals surface area contributed by atoms with Gasteiger partial charge in [-0.05, 0) is 29.9 Å². The van der Waals surface area contributed by atoms with Gasteiger partial charge in [-0.25, -0.2) is 13.1 Å². The smallest absolute Gasteiger partial charge is 0.250 e. The summed E-state index contributed by atoms with van der Waals surface area (Å²) < 4.78 is 27.8. The Morgan fingerprint density at radius 1 is 1.30 bits per heavy atom. The van der Waals surface area contributed by atoms with E-state index < -0.39 is 10.0 Å². The SMILES string of the molecule is CCCC(CC)NS(=O)(=O)c1cc(CNC(C)C)cs1. The zero-order chi connectivity index (χ0) is 15.2. The zero-order valence-corrected chi connectivity index (χ0v) is 14.4. The number of hydrogen-bond donors (Lipinski definition) is 2. The number of sulfonamides is 1. The monoisotopic (exact) mass is 318 g/mol. The Morgan fingerprint density at radius 3 is 2.55 bits per heavy atom. The largest absolute Gasteiger partial charge is 0.310 e. The molecule has 1 aromatic heterocycles. The molecular formula is C14H26N2O2S2. The first-order valence-electron chi connectivity index (χ1n) is 7.22. The van der Waals surface area contributed by atoms with E-state index in [0.29, 0.717) is 16.8 Å². The maximum absolute atomic E-state index is 12.3. The summed E-state index contributed by atoms with van der Waals surface area (Å²) in [4.78, 5) is 0. The van der Waals surface area contributed by atoms with E-state index in [2.05, 4.69) is 30.8 Å². The lowest BCUT2D eigenvalue weighted by molar-refractivity contribution is 0.513. The maximum atomic E-state index is 12.3. The average Bonchev–Trinajstić information content (AvgIpc) is 2.85. The molecule has 0 fully saturated rings. The van der Waals surface area contributed by atoms with Crippen molar-refractivity contribution in [2.45, 2.75) is 69.8 Å². The molecule has 0 spiro atoms. The highest BCUT2D eigenvalue weighted by molar-refractivity contribution is 7.91. The summed E-state index contributed by atoms with van der Waals surface area (Å²) in [6.45, 7) is 8.92. The van der Waals surface area contributed by atoms with Crippen molar-refractivity contribution in [3.05, 3.63) is 17.0 Å². The standard InChI is InChI=1S/C14H26N2O2S2/c1-5-7-13(6-2)16-20(17,18)14-8-12(10-19-14)9-15-11(3)4/h8,10-11,13,15-16H,5-7,9H2,1-4H3. The fourth-order valence-corrected chi connectivity index (χ4v) is 4.46. The molecule has 1 atom stereocenters. The van der Waals surface area contributed by atoms with Crippen LogP contribution >= 0.6 is 11.3 Å². The molecule has 1 rings (SSSR count). The molecule has 1 unspecified atom stereocenters. The summed E-state index contributed by atoms with van der Waals surface area (Å²) in [5.41, 5.74) is 1.02. The molecule has 2 N–H and O–H groups in total. The van der Waals surface area contributed by atoms with Gasteiger partial charge in [0, 0.05) is 18.6 Å². The predicted octanol–water partition coefficient (Wildman–Crippen LogP) is 3.10. The molecule has 116 valence electrons. The maximum Gasteiger partial charge on any atom is 0.250 e.